The van der Waals surface area contributed by atoms with Crippen LogP contribution in [0.15, 0.2) is 40.1 Å². The number of hydrogen-bond acceptors (Lipinski definition) is 5. The summed E-state index contributed by atoms with van der Waals surface area (Å²) in [6.07, 6.45) is 1.01. The molecule has 138 valence electrons. The number of hydrogen-bond donors (Lipinski definition) is 2. The fraction of sp³-hybridized carbons (Fsp3) is 0.312. The van der Waals surface area contributed by atoms with E-state index in [9.17, 15) is 27.2 Å². The molecule has 3 rings (SSSR count). The second kappa shape index (κ2) is 6.87. The van der Waals surface area contributed by atoms with Crippen LogP contribution in [0, 0.1) is 5.82 Å². The van der Waals surface area contributed by atoms with E-state index in [0.717, 1.165) is 6.20 Å². The van der Waals surface area contributed by atoms with Crippen molar-refractivity contribution in [2.24, 2.45) is 0 Å². The van der Waals surface area contributed by atoms with Crippen LogP contribution >= 0.6 is 0 Å². The Bertz CT molecular complexity index is 1060. The molecule has 1 aliphatic rings. The monoisotopic (exact) mass is 381 g/mol. The van der Waals surface area contributed by atoms with Crippen LogP contribution in [0.2, 0.25) is 0 Å². The van der Waals surface area contributed by atoms with Crippen molar-refractivity contribution in [3.8, 4) is 0 Å². The van der Waals surface area contributed by atoms with Gasteiger partial charge in [0.15, 0.2) is 9.84 Å². The highest BCUT2D eigenvalue weighted by atomic mass is 32.2. The summed E-state index contributed by atoms with van der Waals surface area (Å²) >= 11 is 0. The number of benzene rings is 1. The van der Waals surface area contributed by atoms with Gasteiger partial charge in [0.2, 0.25) is 0 Å². The normalized spacial score (nSPS) is 19.7. The lowest BCUT2D eigenvalue weighted by Crippen LogP contribution is -2.38. The van der Waals surface area contributed by atoms with E-state index in [1.165, 1.54) is 23.1 Å². The standard InChI is InChI=1S/C16H16FN3O5S/c17-12-4-2-1-3-10(12)13-5-6-20(7-8-26(13,24)25)15(22)11-9-18-16(23)19-14(11)21/h1-4,9,13H,5-8H2,(H2,18,19,21,23)/t13-/m1/s1. The summed E-state index contributed by atoms with van der Waals surface area (Å²) in [5, 5.41) is -1.06. The molecule has 2 aromatic rings. The first-order chi connectivity index (χ1) is 12.3. The number of halogens is 1. The van der Waals surface area contributed by atoms with Crippen molar-refractivity contribution in [3.05, 3.63) is 68.2 Å². The van der Waals surface area contributed by atoms with Crippen molar-refractivity contribution in [1.82, 2.24) is 14.9 Å². The molecule has 1 aromatic carbocycles. The van der Waals surface area contributed by atoms with Crippen LogP contribution in [-0.4, -0.2) is 48.0 Å². The lowest BCUT2D eigenvalue weighted by Gasteiger charge is -2.19. The minimum atomic E-state index is -3.68. The molecule has 1 amide bonds. The van der Waals surface area contributed by atoms with E-state index in [0.29, 0.717) is 0 Å². The molecule has 10 heteroatoms. The summed E-state index contributed by atoms with van der Waals surface area (Å²) in [6, 6.07) is 5.64. The minimum Gasteiger partial charge on any atom is -0.337 e. The van der Waals surface area contributed by atoms with Gasteiger partial charge in [0, 0.05) is 24.8 Å². The first-order valence-electron chi connectivity index (χ1n) is 7.87. The molecule has 1 fully saturated rings. The molecule has 0 unspecified atom stereocenters. The Hall–Kier alpha value is -2.75. The average molecular weight is 381 g/mol. The van der Waals surface area contributed by atoms with Gasteiger partial charge in [-0.2, -0.15) is 0 Å². The molecule has 0 saturated carbocycles. The number of aromatic amines is 2. The molecule has 0 spiro atoms. The molecular formula is C16H16FN3O5S. The van der Waals surface area contributed by atoms with Crippen LogP contribution in [0.1, 0.15) is 27.6 Å². The van der Waals surface area contributed by atoms with Crippen molar-refractivity contribution >= 4 is 15.7 Å². The number of amides is 1. The molecule has 1 aliphatic heterocycles. The number of sulfone groups is 1. The van der Waals surface area contributed by atoms with Gasteiger partial charge < -0.3 is 9.88 Å². The summed E-state index contributed by atoms with van der Waals surface area (Å²) in [7, 11) is -3.68. The van der Waals surface area contributed by atoms with Gasteiger partial charge in [-0.25, -0.2) is 17.6 Å². The number of nitrogens with one attached hydrogen (secondary N) is 2. The van der Waals surface area contributed by atoms with Gasteiger partial charge in [-0.15, -0.1) is 0 Å². The fourth-order valence-corrected chi connectivity index (χ4v) is 4.77. The Morgan fingerprint density at radius 3 is 2.62 bits per heavy atom. The average Bonchev–Trinajstić information content (AvgIpc) is 2.73. The predicted octanol–water partition coefficient (Wildman–Crippen LogP) is 0.204. The van der Waals surface area contributed by atoms with E-state index in [4.69, 9.17) is 0 Å². The molecule has 0 radical (unpaired) electrons. The smallest absolute Gasteiger partial charge is 0.325 e. The van der Waals surface area contributed by atoms with Gasteiger partial charge in [-0.1, -0.05) is 18.2 Å². The highest BCUT2D eigenvalue weighted by Gasteiger charge is 2.34. The number of aromatic nitrogens is 2. The molecule has 1 saturated heterocycles. The quantitative estimate of drug-likeness (QED) is 0.770. The first-order valence-corrected chi connectivity index (χ1v) is 9.58. The van der Waals surface area contributed by atoms with E-state index in [1.807, 2.05) is 4.98 Å². The third-order valence-electron chi connectivity index (χ3n) is 4.33. The van der Waals surface area contributed by atoms with Crippen molar-refractivity contribution in [3.63, 3.8) is 0 Å². The lowest BCUT2D eigenvalue weighted by molar-refractivity contribution is 0.0764. The largest absolute Gasteiger partial charge is 0.337 e. The molecule has 8 nitrogen and oxygen atoms in total. The van der Waals surface area contributed by atoms with Gasteiger partial charge in [0.1, 0.15) is 11.4 Å². The summed E-state index contributed by atoms with van der Waals surface area (Å²) < 4.78 is 39.1. The topological polar surface area (TPSA) is 120 Å². The molecule has 0 aliphatic carbocycles. The number of carbonyl (C=O) groups excluding carboxylic acids is 1. The Labute approximate surface area is 147 Å². The SMILES string of the molecule is O=C(c1c[nH]c(=O)[nH]c1=O)N1CC[C@H](c2ccccc2F)S(=O)(=O)CC1. The molecule has 2 heterocycles. The van der Waals surface area contributed by atoms with Crippen LogP contribution in [0.25, 0.3) is 0 Å². The second-order valence-electron chi connectivity index (χ2n) is 5.94. The lowest BCUT2D eigenvalue weighted by atomic mass is 10.1. The number of H-pyrrole nitrogens is 2. The zero-order chi connectivity index (χ0) is 18.9. The van der Waals surface area contributed by atoms with Crippen LogP contribution in [0.5, 0.6) is 0 Å². The van der Waals surface area contributed by atoms with Crippen LogP contribution < -0.4 is 11.2 Å². The van der Waals surface area contributed by atoms with E-state index >= 15 is 0 Å². The maximum absolute atomic E-state index is 14.0. The van der Waals surface area contributed by atoms with Crippen LogP contribution in [0.4, 0.5) is 4.39 Å². The van der Waals surface area contributed by atoms with Crippen molar-refractivity contribution in [2.75, 3.05) is 18.8 Å². The molecule has 1 aromatic heterocycles. The summed E-state index contributed by atoms with van der Waals surface area (Å²) in [6.45, 7) is -0.0830. The second-order valence-corrected chi connectivity index (χ2v) is 8.25. The van der Waals surface area contributed by atoms with Crippen molar-refractivity contribution in [1.29, 1.82) is 0 Å². The number of carbonyl (C=O) groups is 1. The van der Waals surface area contributed by atoms with Gasteiger partial charge >= 0.3 is 5.69 Å². The Balaban J connectivity index is 1.89. The van der Waals surface area contributed by atoms with E-state index in [-0.39, 0.29) is 36.4 Å². The maximum atomic E-state index is 14.0. The van der Waals surface area contributed by atoms with Gasteiger partial charge in [0.25, 0.3) is 11.5 Å². The van der Waals surface area contributed by atoms with Gasteiger partial charge in [-0.05, 0) is 12.5 Å². The third-order valence-corrected chi connectivity index (χ3v) is 6.44. The Morgan fingerprint density at radius 1 is 1.19 bits per heavy atom. The van der Waals surface area contributed by atoms with E-state index in [2.05, 4.69) is 4.98 Å². The molecule has 1 atom stereocenters. The maximum Gasteiger partial charge on any atom is 0.325 e. The highest BCUT2D eigenvalue weighted by Crippen LogP contribution is 2.31. The van der Waals surface area contributed by atoms with Crippen LogP contribution in [-0.2, 0) is 9.84 Å². The summed E-state index contributed by atoms with van der Waals surface area (Å²) in [5.74, 6) is -1.65. The van der Waals surface area contributed by atoms with Gasteiger partial charge in [0.05, 0.1) is 11.0 Å². The zero-order valence-electron chi connectivity index (χ0n) is 13.6. The van der Waals surface area contributed by atoms with Gasteiger partial charge in [-0.3, -0.25) is 14.6 Å². The molecular weight excluding hydrogens is 365 g/mol. The Morgan fingerprint density at radius 2 is 1.92 bits per heavy atom. The number of rotatable bonds is 2. The third kappa shape index (κ3) is 3.45. The predicted molar refractivity (Wildman–Crippen MR) is 91.1 cm³/mol. The van der Waals surface area contributed by atoms with E-state index < -0.39 is 38.1 Å². The van der Waals surface area contributed by atoms with E-state index in [1.54, 1.807) is 6.07 Å². The zero-order valence-corrected chi connectivity index (χ0v) is 14.4. The summed E-state index contributed by atoms with van der Waals surface area (Å²) in [5.41, 5.74) is -1.81. The van der Waals surface area contributed by atoms with Crippen molar-refractivity contribution < 1.29 is 17.6 Å². The molecule has 0 bridgehead atoms. The number of nitrogens with zero attached hydrogens (tertiary/aromatic N) is 1. The fourth-order valence-electron chi connectivity index (χ4n) is 2.97. The molecule has 26 heavy (non-hydrogen) atoms. The molecule has 2 N–H and O–H groups in total. The highest BCUT2D eigenvalue weighted by molar-refractivity contribution is 7.91. The Kier molecular flexibility index (Phi) is 4.77. The van der Waals surface area contributed by atoms with Crippen molar-refractivity contribution in [2.45, 2.75) is 11.7 Å². The van der Waals surface area contributed by atoms with Crippen LogP contribution in [0.3, 0.4) is 0 Å². The minimum absolute atomic E-state index is 0.0102. The summed E-state index contributed by atoms with van der Waals surface area (Å²) in [4.78, 5) is 40.7. The first kappa shape index (κ1) is 18.1.